The molecule has 16 heavy (non-hydrogen) atoms. The van der Waals surface area contributed by atoms with Crippen LogP contribution in [-0.4, -0.2) is 26.4 Å². The second-order valence-electron chi connectivity index (χ2n) is 4.28. The zero-order valence-corrected chi connectivity index (χ0v) is 9.09. The van der Waals surface area contributed by atoms with E-state index in [1.54, 1.807) is 13.3 Å². The van der Waals surface area contributed by atoms with E-state index >= 15 is 0 Å². The molecular weight excluding hydrogens is 208 g/mol. The van der Waals surface area contributed by atoms with Crippen LogP contribution in [0.3, 0.4) is 0 Å². The van der Waals surface area contributed by atoms with Crippen molar-refractivity contribution >= 4 is 11.8 Å². The van der Waals surface area contributed by atoms with E-state index in [1.165, 1.54) is 6.20 Å². The van der Waals surface area contributed by atoms with Crippen LogP contribution in [0.4, 0.5) is 0 Å². The summed E-state index contributed by atoms with van der Waals surface area (Å²) in [7, 11) is 0. The van der Waals surface area contributed by atoms with E-state index in [0.717, 1.165) is 12.8 Å². The number of Topliss-reactive ketones (excluding diaryl/α,β-unsaturated/α-hetero) is 1. The number of aliphatic carboxylic acids is 1. The number of hydrogen-bond donors (Lipinski definition) is 1. The van der Waals surface area contributed by atoms with Crippen molar-refractivity contribution in [1.82, 2.24) is 9.55 Å². The molecule has 1 N–H and O–H groups in total. The second kappa shape index (κ2) is 4.08. The second-order valence-corrected chi connectivity index (χ2v) is 4.28. The van der Waals surface area contributed by atoms with Gasteiger partial charge in [0.1, 0.15) is 5.69 Å². The van der Waals surface area contributed by atoms with Crippen LogP contribution in [0.2, 0.25) is 0 Å². The van der Waals surface area contributed by atoms with E-state index in [2.05, 4.69) is 4.98 Å². The maximum Gasteiger partial charge on any atom is 0.304 e. The molecule has 1 aliphatic rings. The summed E-state index contributed by atoms with van der Waals surface area (Å²) in [5, 5.41) is 8.65. The average molecular weight is 222 g/mol. The molecule has 5 heteroatoms. The van der Waals surface area contributed by atoms with Gasteiger partial charge >= 0.3 is 5.97 Å². The first-order valence-corrected chi connectivity index (χ1v) is 5.37. The Morgan fingerprint density at radius 2 is 2.31 bits per heavy atom. The SMILES string of the molecule is CC(CC(=O)O)C(=O)c1cncn1C1CC1. The monoisotopic (exact) mass is 222 g/mol. The molecule has 0 spiro atoms. The first kappa shape index (κ1) is 10.9. The van der Waals surface area contributed by atoms with Gasteiger partial charge in [0.05, 0.1) is 18.9 Å². The third kappa shape index (κ3) is 2.13. The van der Waals surface area contributed by atoms with Gasteiger partial charge < -0.3 is 9.67 Å². The van der Waals surface area contributed by atoms with E-state index in [0.29, 0.717) is 11.7 Å². The molecule has 1 aliphatic carbocycles. The van der Waals surface area contributed by atoms with E-state index in [4.69, 9.17) is 5.11 Å². The zero-order valence-electron chi connectivity index (χ0n) is 9.09. The van der Waals surface area contributed by atoms with Gasteiger partial charge in [-0.3, -0.25) is 9.59 Å². The summed E-state index contributed by atoms with van der Waals surface area (Å²) in [5.74, 6) is -1.57. The molecule has 86 valence electrons. The summed E-state index contributed by atoms with van der Waals surface area (Å²) in [6.07, 6.45) is 5.19. The van der Waals surface area contributed by atoms with Gasteiger partial charge in [-0.1, -0.05) is 6.92 Å². The highest BCUT2D eigenvalue weighted by atomic mass is 16.4. The molecule has 0 aromatic carbocycles. The van der Waals surface area contributed by atoms with Crippen molar-refractivity contribution < 1.29 is 14.7 Å². The zero-order chi connectivity index (χ0) is 11.7. The Morgan fingerprint density at radius 3 is 2.88 bits per heavy atom. The maximum absolute atomic E-state index is 12.0. The summed E-state index contributed by atoms with van der Waals surface area (Å²) >= 11 is 0. The lowest BCUT2D eigenvalue weighted by atomic mass is 10.0. The van der Waals surface area contributed by atoms with Crippen LogP contribution in [0.5, 0.6) is 0 Å². The number of ketones is 1. The third-order valence-electron chi connectivity index (χ3n) is 2.79. The van der Waals surface area contributed by atoms with Gasteiger partial charge in [-0.15, -0.1) is 0 Å². The Labute approximate surface area is 93.1 Å². The van der Waals surface area contributed by atoms with Gasteiger partial charge in [0.25, 0.3) is 0 Å². The molecule has 1 aromatic heterocycles. The number of carbonyl (C=O) groups is 2. The van der Waals surface area contributed by atoms with Gasteiger partial charge in [-0.25, -0.2) is 4.98 Å². The predicted molar refractivity (Wildman–Crippen MR) is 56.2 cm³/mol. The molecule has 0 radical (unpaired) electrons. The summed E-state index contributed by atoms with van der Waals surface area (Å²) in [6, 6.07) is 0.387. The first-order chi connectivity index (χ1) is 7.59. The molecule has 0 saturated heterocycles. The molecule has 1 atom stereocenters. The molecule has 5 nitrogen and oxygen atoms in total. The lowest BCUT2D eigenvalue weighted by Crippen LogP contribution is -2.18. The highest BCUT2D eigenvalue weighted by molar-refractivity contribution is 5.97. The summed E-state index contributed by atoms with van der Waals surface area (Å²) < 4.78 is 1.86. The topological polar surface area (TPSA) is 72.2 Å². The molecule has 1 aromatic rings. The number of carboxylic acid groups (broad SMARTS) is 1. The van der Waals surface area contributed by atoms with Gasteiger partial charge in [-0.05, 0) is 12.8 Å². The van der Waals surface area contributed by atoms with Crippen LogP contribution < -0.4 is 0 Å². The molecule has 0 amide bonds. The number of rotatable bonds is 5. The van der Waals surface area contributed by atoms with Crippen LogP contribution in [0.15, 0.2) is 12.5 Å². The van der Waals surface area contributed by atoms with E-state index < -0.39 is 11.9 Å². The van der Waals surface area contributed by atoms with Gasteiger partial charge in [0.15, 0.2) is 5.78 Å². The van der Waals surface area contributed by atoms with E-state index in [1.807, 2.05) is 4.57 Å². The van der Waals surface area contributed by atoms with Crippen molar-refractivity contribution in [1.29, 1.82) is 0 Å². The summed E-state index contributed by atoms with van der Waals surface area (Å²) in [4.78, 5) is 26.5. The Morgan fingerprint density at radius 1 is 1.62 bits per heavy atom. The molecule has 1 unspecified atom stereocenters. The van der Waals surface area contributed by atoms with Crippen LogP contribution in [-0.2, 0) is 4.79 Å². The molecule has 0 aliphatic heterocycles. The van der Waals surface area contributed by atoms with Crippen molar-refractivity contribution in [2.75, 3.05) is 0 Å². The van der Waals surface area contributed by atoms with Crippen molar-refractivity contribution in [3.05, 3.63) is 18.2 Å². The van der Waals surface area contributed by atoms with Gasteiger partial charge in [0, 0.05) is 12.0 Å². The number of imidazole rings is 1. The molecule has 1 heterocycles. The lowest BCUT2D eigenvalue weighted by Gasteiger charge is -2.09. The number of carbonyl (C=O) groups excluding carboxylic acids is 1. The van der Waals surface area contributed by atoms with Crippen LogP contribution in [0, 0.1) is 5.92 Å². The van der Waals surface area contributed by atoms with Crippen molar-refractivity contribution in [2.45, 2.75) is 32.2 Å². The fourth-order valence-corrected chi connectivity index (χ4v) is 1.75. The molecule has 2 rings (SSSR count). The highest BCUT2D eigenvalue weighted by Crippen LogP contribution is 2.36. The minimum absolute atomic E-state index is 0.130. The predicted octanol–water partition coefficient (Wildman–Crippen LogP) is 1.51. The Balaban J connectivity index is 2.13. The van der Waals surface area contributed by atoms with Crippen LogP contribution in [0.25, 0.3) is 0 Å². The third-order valence-corrected chi connectivity index (χ3v) is 2.79. The van der Waals surface area contributed by atoms with Crippen molar-refractivity contribution in [2.24, 2.45) is 5.92 Å². The molecular formula is C11H14N2O3. The Bertz CT molecular complexity index is 421. The van der Waals surface area contributed by atoms with Gasteiger partial charge in [-0.2, -0.15) is 0 Å². The van der Waals surface area contributed by atoms with E-state index in [9.17, 15) is 9.59 Å². The largest absolute Gasteiger partial charge is 0.481 e. The number of nitrogens with zero attached hydrogens (tertiary/aromatic N) is 2. The number of hydrogen-bond acceptors (Lipinski definition) is 3. The molecule has 0 bridgehead atoms. The smallest absolute Gasteiger partial charge is 0.304 e. The number of aromatic nitrogens is 2. The summed E-state index contributed by atoms with van der Waals surface area (Å²) in [6.45, 7) is 1.64. The molecule has 1 saturated carbocycles. The first-order valence-electron chi connectivity index (χ1n) is 5.37. The van der Waals surface area contributed by atoms with E-state index in [-0.39, 0.29) is 12.2 Å². The maximum atomic E-state index is 12.0. The fraction of sp³-hybridized carbons (Fsp3) is 0.545. The minimum Gasteiger partial charge on any atom is -0.481 e. The standard InChI is InChI=1S/C11H14N2O3/c1-7(4-10(14)15)11(16)9-5-12-6-13(9)8-2-3-8/h5-8H,2-4H2,1H3,(H,14,15). The van der Waals surface area contributed by atoms with Crippen LogP contribution in [0.1, 0.15) is 42.7 Å². The van der Waals surface area contributed by atoms with Crippen molar-refractivity contribution in [3.8, 4) is 0 Å². The van der Waals surface area contributed by atoms with Crippen molar-refractivity contribution in [3.63, 3.8) is 0 Å². The minimum atomic E-state index is -0.946. The summed E-state index contributed by atoms with van der Waals surface area (Å²) in [5.41, 5.74) is 0.538. The Hall–Kier alpha value is -1.65. The quantitative estimate of drug-likeness (QED) is 0.766. The lowest BCUT2D eigenvalue weighted by molar-refractivity contribution is -0.137. The average Bonchev–Trinajstić information content (AvgIpc) is 2.94. The van der Waals surface area contributed by atoms with Gasteiger partial charge in [0.2, 0.25) is 0 Å². The van der Waals surface area contributed by atoms with Crippen LogP contribution >= 0.6 is 0 Å². The highest BCUT2D eigenvalue weighted by Gasteiger charge is 2.29. The fourth-order valence-electron chi connectivity index (χ4n) is 1.75. The normalized spacial score (nSPS) is 17.1. The Kier molecular flexibility index (Phi) is 2.77. The molecule has 1 fully saturated rings. The number of carboxylic acids is 1.